The van der Waals surface area contributed by atoms with Gasteiger partial charge in [-0.25, -0.2) is 4.98 Å². The highest BCUT2D eigenvalue weighted by Crippen LogP contribution is 2.27. The van der Waals surface area contributed by atoms with E-state index in [1.165, 1.54) is 5.56 Å². The third-order valence-electron chi connectivity index (χ3n) is 4.93. The quantitative estimate of drug-likeness (QED) is 0.743. The standard InChI is InChI=1S/C20H24N6O/c1-24-13-17(12-23-24)14-25-8-10-26(11-9-25)20-19(21-6-7-22-20)18-4-2-16(15-27)3-5-18/h2-7,12-13,27H,8-11,14-15H2,1H3. The number of piperazine rings is 1. The summed E-state index contributed by atoms with van der Waals surface area (Å²) in [7, 11) is 1.95. The third-order valence-corrected chi connectivity index (χ3v) is 4.93. The molecule has 140 valence electrons. The first-order valence-electron chi connectivity index (χ1n) is 9.19. The Kier molecular flexibility index (Phi) is 5.13. The number of aromatic nitrogens is 4. The van der Waals surface area contributed by atoms with Crippen LogP contribution in [-0.2, 0) is 20.2 Å². The zero-order chi connectivity index (χ0) is 18.6. The van der Waals surface area contributed by atoms with Crippen LogP contribution < -0.4 is 4.90 Å². The van der Waals surface area contributed by atoms with Gasteiger partial charge in [0.1, 0.15) is 5.69 Å². The molecule has 1 N–H and O–H groups in total. The van der Waals surface area contributed by atoms with Crippen LogP contribution >= 0.6 is 0 Å². The zero-order valence-corrected chi connectivity index (χ0v) is 15.5. The summed E-state index contributed by atoms with van der Waals surface area (Å²) in [6.45, 7) is 4.77. The molecule has 1 aliphatic rings. The van der Waals surface area contributed by atoms with Gasteiger partial charge in [-0.05, 0) is 5.56 Å². The molecular weight excluding hydrogens is 340 g/mol. The van der Waals surface area contributed by atoms with Gasteiger partial charge in [0.05, 0.1) is 12.8 Å². The van der Waals surface area contributed by atoms with Crippen molar-refractivity contribution >= 4 is 5.82 Å². The smallest absolute Gasteiger partial charge is 0.155 e. The van der Waals surface area contributed by atoms with Gasteiger partial charge in [-0.1, -0.05) is 24.3 Å². The lowest BCUT2D eigenvalue weighted by atomic mass is 10.1. The van der Waals surface area contributed by atoms with Crippen molar-refractivity contribution in [1.29, 1.82) is 0 Å². The number of benzene rings is 1. The van der Waals surface area contributed by atoms with Crippen LogP contribution in [0, 0.1) is 0 Å². The van der Waals surface area contributed by atoms with Crippen LogP contribution in [0.1, 0.15) is 11.1 Å². The Labute approximate surface area is 158 Å². The molecule has 0 amide bonds. The molecule has 0 atom stereocenters. The van der Waals surface area contributed by atoms with Crippen molar-refractivity contribution in [1.82, 2.24) is 24.6 Å². The van der Waals surface area contributed by atoms with Crippen molar-refractivity contribution in [3.8, 4) is 11.3 Å². The summed E-state index contributed by atoms with van der Waals surface area (Å²) >= 11 is 0. The average Bonchev–Trinajstić information content (AvgIpc) is 3.13. The molecule has 0 saturated carbocycles. The first kappa shape index (κ1) is 17.6. The van der Waals surface area contributed by atoms with Gasteiger partial charge in [-0.2, -0.15) is 5.10 Å². The van der Waals surface area contributed by atoms with Gasteiger partial charge in [0.15, 0.2) is 5.82 Å². The minimum absolute atomic E-state index is 0.0481. The summed E-state index contributed by atoms with van der Waals surface area (Å²) in [4.78, 5) is 13.9. The van der Waals surface area contributed by atoms with Crippen LogP contribution in [0.25, 0.3) is 11.3 Å². The molecule has 0 radical (unpaired) electrons. The van der Waals surface area contributed by atoms with Crippen LogP contribution in [0.3, 0.4) is 0 Å². The Morgan fingerprint density at radius 2 is 1.70 bits per heavy atom. The zero-order valence-electron chi connectivity index (χ0n) is 15.5. The summed E-state index contributed by atoms with van der Waals surface area (Å²) in [5.74, 6) is 0.926. The number of anilines is 1. The van der Waals surface area contributed by atoms with Crippen molar-refractivity contribution in [2.75, 3.05) is 31.1 Å². The highest BCUT2D eigenvalue weighted by molar-refractivity contribution is 5.72. The van der Waals surface area contributed by atoms with Crippen molar-refractivity contribution < 1.29 is 5.11 Å². The Balaban J connectivity index is 1.46. The largest absolute Gasteiger partial charge is 0.392 e. The fourth-order valence-electron chi connectivity index (χ4n) is 3.46. The molecule has 1 aliphatic heterocycles. The Morgan fingerprint density at radius 1 is 0.963 bits per heavy atom. The SMILES string of the molecule is Cn1cc(CN2CCN(c3nccnc3-c3ccc(CO)cc3)CC2)cn1. The Hall–Kier alpha value is -2.77. The van der Waals surface area contributed by atoms with E-state index >= 15 is 0 Å². The van der Waals surface area contributed by atoms with Gasteiger partial charge in [-0.3, -0.25) is 14.6 Å². The van der Waals surface area contributed by atoms with E-state index in [1.807, 2.05) is 42.2 Å². The summed E-state index contributed by atoms with van der Waals surface area (Å²) in [6.07, 6.45) is 7.49. The van der Waals surface area contributed by atoms with Crippen LogP contribution in [0.15, 0.2) is 49.1 Å². The van der Waals surface area contributed by atoms with Crippen molar-refractivity contribution in [2.24, 2.45) is 7.05 Å². The first-order valence-corrected chi connectivity index (χ1v) is 9.19. The minimum atomic E-state index is 0.0481. The fourth-order valence-corrected chi connectivity index (χ4v) is 3.46. The summed E-state index contributed by atoms with van der Waals surface area (Å²) in [5, 5.41) is 13.5. The van der Waals surface area contributed by atoms with Crippen molar-refractivity contribution in [3.63, 3.8) is 0 Å². The molecule has 7 nitrogen and oxygen atoms in total. The fraction of sp³-hybridized carbons (Fsp3) is 0.350. The molecule has 2 aromatic heterocycles. The topological polar surface area (TPSA) is 70.3 Å². The van der Waals surface area contributed by atoms with Gasteiger partial charge in [0.2, 0.25) is 0 Å². The van der Waals surface area contributed by atoms with Crippen LogP contribution in [-0.4, -0.2) is 55.9 Å². The van der Waals surface area contributed by atoms with E-state index in [9.17, 15) is 5.11 Å². The van der Waals surface area contributed by atoms with Gasteiger partial charge in [-0.15, -0.1) is 0 Å². The van der Waals surface area contributed by atoms with E-state index in [4.69, 9.17) is 0 Å². The molecule has 0 bridgehead atoms. The number of nitrogens with zero attached hydrogens (tertiary/aromatic N) is 6. The highest BCUT2D eigenvalue weighted by Gasteiger charge is 2.21. The second kappa shape index (κ2) is 7.85. The molecule has 3 heterocycles. The number of hydrogen-bond acceptors (Lipinski definition) is 6. The molecule has 4 rings (SSSR count). The molecule has 1 fully saturated rings. The number of aryl methyl sites for hydroxylation is 1. The average molecular weight is 364 g/mol. The molecule has 0 unspecified atom stereocenters. The van der Waals surface area contributed by atoms with Gasteiger partial charge < -0.3 is 10.0 Å². The molecule has 7 heteroatoms. The molecule has 1 aromatic carbocycles. The van der Waals surface area contributed by atoms with Crippen LogP contribution in [0.5, 0.6) is 0 Å². The van der Waals surface area contributed by atoms with E-state index in [0.29, 0.717) is 0 Å². The van der Waals surface area contributed by atoms with E-state index in [1.54, 1.807) is 12.4 Å². The first-order chi connectivity index (χ1) is 13.2. The molecule has 1 saturated heterocycles. The minimum Gasteiger partial charge on any atom is -0.392 e. The van der Waals surface area contributed by atoms with Gasteiger partial charge in [0.25, 0.3) is 0 Å². The molecule has 27 heavy (non-hydrogen) atoms. The third kappa shape index (κ3) is 3.99. The lowest BCUT2D eigenvalue weighted by molar-refractivity contribution is 0.249. The number of aliphatic hydroxyl groups excluding tert-OH is 1. The predicted octanol–water partition coefficient (Wildman–Crippen LogP) is 1.69. The van der Waals surface area contributed by atoms with Gasteiger partial charge in [0, 0.05) is 69.5 Å². The maximum absolute atomic E-state index is 9.24. The Morgan fingerprint density at radius 3 is 2.37 bits per heavy atom. The summed E-state index contributed by atoms with van der Waals surface area (Å²) < 4.78 is 1.85. The maximum atomic E-state index is 9.24. The predicted molar refractivity (Wildman–Crippen MR) is 104 cm³/mol. The molecule has 3 aromatic rings. The number of hydrogen-bond donors (Lipinski definition) is 1. The van der Waals surface area contributed by atoms with E-state index < -0.39 is 0 Å². The van der Waals surface area contributed by atoms with E-state index in [2.05, 4.69) is 31.1 Å². The highest BCUT2D eigenvalue weighted by atomic mass is 16.3. The van der Waals surface area contributed by atoms with Crippen LogP contribution in [0.2, 0.25) is 0 Å². The van der Waals surface area contributed by atoms with Crippen molar-refractivity contribution in [3.05, 3.63) is 60.2 Å². The summed E-state index contributed by atoms with van der Waals surface area (Å²) in [5.41, 5.74) is 4.05. The second-order valence-corrected chi connectivity index (χ2v) is 6.87. The van der Waals surface area contributed by atoms with Crippen molar-refractivity contribution in [2.45, 2.75) is 13.2 Å². The Bertz CT molecular complexity index is 883. The lowest BCUT2D eigenvalue weighted by Crippen LogP contribution is -2.46. The lowest BCUT2D eigenvalue weighted by Gasteiger charge is -2.35. The second-order valence-electron chi connectivity index (χ2n) is 6.87. The number of aliphatic hydroxyl groups is 1. The summed E-state index contributed by atoms with van der Waals surface area (Å²) in [6, 6.07) is 7.86. The van der Waals surface area contributed by atoms with E-state index in [-0.39, 0.29) is 6.61 Å². The van der Waals surface area contributed by atoms with Gasteiger partial charge >= 0.3 is 0 Å². The monoisotopic (exact) mass is 364 g/mol. The maximum Gasteiger partial charge on any atom is 0.155 e. The molecule has 0 aliphatic carbocycles. The van der Waals surface area contributed by atoms with Crippen LogP contribution in [0.4, 0.5) is 5.82 Å². The number of rotatable bonds is 5. The molecular formula is C20H24N6O. The van der Waals surface area contributed by atoms with E-state index in [0.717, 1.165) is 55.4 Å². The molecule has 0 spiro atoms. The normalized spacial score (nSPS) is 15.3.